The molecular weight excluding hydrogens is 316 g/mol. The number of carbonyl (C=O) groups is 1. The molecule has 25 heavy (non-hydrogen) atoms. The standard InChI is InChI=1S/C19H20N4O2/c1-14-16-8-5-11-22(16)12-13-23(14)18(24)10-9-17-20-19(21-25-17)15-6-3-2-4-7-15/h2-8,11,14H,9-10,12-13H2,1H3/t14-/m0/s1. The Bertz CT molecular complexity index is 868. The van der Waals surface area contributed by atoms with E-state index in [1.165, 1.54) is 5.69 Å². The van der Waals surface area contributed by atoms with E-state index >= 15 is 0 Å². The topological polar surface area (TPSA) is 64.2 Å². The molecule has 0 aliphatic carbocycles. The molecule has 3 aromatic rings. The lowest BCUT2D eigenvalue weighted by Gasteiger charge is -2.35. The SMILES string of the molecule is C[C@H]1c2cccn2CCN1C(=O)CCc1nc(-c2ccccc2)no1. The molecule has 0 saturated heterocycles. The molecule has 4 rings (SSSR count). The van der Waals surface area contributed by atoms with Crippen LogP contribution in [0, 0.1) is 0 Å². The van der Waals surface area contributed by atoms with Crippen molar-refractivity contribution in [2.75, 3.05) is 6.54 Å². The maximum atomic E-state index is 12.6. The Balaban J connectivity index is 1.39. The van der Waals surface area contributed by atoms with Crippen molar-refractivity contribution in [1.29, 1.82) is 0 Å². The first-order chi connectivity index (χ1) is 12.2. The van der Waals surface area contributed by atoms with E-state index in [1.807, 2.05) is 41.3 Å². The predicted octanol–water partition coefficient (Wildman–Crippen LogP) is 3.07. The van der Waals surface area contributed by atoms with Gasteiger partial charge in [0, 0.05) is 43.4 Å². The molecular formula is C19H20N4O2. The second-order valence-corrected chi connectivity index (χ2v) is 6.27. The Hall–Kier alpha value is -2.89. The summed E-state index contributed by atoms with van der Waals surface area (Å²) >= 11 is 0. The van der Waals surface area contributed by atoms with Gasteiger partial charge in [0.1, 0.15) is 0 Å². The van der Waals surface area contributed by atoms with E-state index in [2.05, 4.69) is 33.9 Å². The number of rotatable bonds is 4. The number of hydrogen-bond acceptors (Lipinski definition) is 4. The van der Waals surface area contributed by atoms with Gasteiger partial charge in [0.05, 0.1) is 6.04 Å². The van der Waals surface area contributed by atoms with Crippen LogP contribution in [0.2, 0.25) is 0 Å². The van der Waals surface area contributed by atoms with Crippen LogP contribution in [0.1, 0.15) is 31.0 Å². The van der Waals surface area contributed by atoms with Gasteiger partial charge in [0.2, 0.25) is 17.6 Å². The third-order valence-corrected chi connectivity index (χ3v) is 4.72. The Labute approximate surface area is 146 Å². The molecule has 6 heteroatoms. The minimum absolute atomic E-state index is 0.0961. The molecule has 1 aliphatic rings. The van der Waals surface area contributed by atoms with E-state index in [1.54, 1.807) is 0 Å². The fourth-order valence-corrected chi connectivity index (χ4v) is 3.34. The lowest BCUT2D eigenvalue weighted by molar-refractivity contribution is -0.134. The van der Waals surface area contributed by atoms with Gasteiger partial charge in [-0.1, -0.05) is 35.5 Å². The highest BCUT2D eigenvalue weighted by molar-refractivity contribution is 5.77. The zero-order valence-corrected chi connectivity index (χ0v) is 14.1. The maximum Gasteiger partial charge on any atom is 0.227 e. The fourth-order valence-electron chi connectivity index (χ4n) is 3.34. The van der Waals surface area contributed by atoms with Crippen molar-refractivity contribution in [3.63, 3.8) is 0 Å². The lowest BCUT2D eigenvalue weighted by atomic mass is 10.1. The zero-order valence-electron chi connectivity index (χ0n) is 14.1. The van der Waals surface area contributed by atoms with Gasteiger partial charge < -0.3 is 14.0 Å². The molecule has 1 aromatic carbocycles. The van der Waals surface area contributed by atoms with E-state index in [4.69, 9.17) is 4.52 Å². The molecule has 2 aromatic heterocycles. The van der Waals surface area contributed by atoms with E-state index in [-0.39, 0.29) is 11.9 Å². The molecule has 0 bridgehead atoms. The fraction of sp³-hybridized carbons (Fsp3) is 0.316. The Morgan fingerprint density at radius 3 is 2.88 bits per heavy atom. The summed E-state index contributed by atoms with van der Waals surface area (Å²) in [5.41, 5.74) is 2.10. The van der Waals surface area contributed by atoms with Crippen LogP contribution in [-0.2, 0) is 17.8 Å². The van der Waals surface area contributed by atoms with Gasteiger partial charge in [-0.3, -0.25) is 4.79 Å². The van der Waals surface area contributed by atoms with Crippen LogP contribution >= 0.6 is 0 Å². The normalized spacial score (nSPS) is 16.7. The highest BCUT2D eigenvalue weighted by atomic mass is 16.5. The molecule has 3 heterocycles. The van der Waals surface area contributed by atoms with Crippen LogP contribution in [-0.4, -0.2) is 32.1 Å². The summed E-state index contributed by atoms with van der Waals surface area (Å²) in [4.78, 5) is 18.9. The van der Waals surface area contributed by atoms with Gasteiger partial charge in [0.15, 0.2) is 0 Å². The van der Waals surface area contributed by atoms with Crippen LogP contribution in [0.4, 0.5) is 0 Å². The Kier molecular flexibility index (Phi) is 4.09. The molecule has 1 atom stereocenters. The second-order valence-electron chi connectivity index (χ2n) is 6.27. The van der Waals surface area contributed by atoms with Crippen LogP contribution < -0.4 is 0 Å². The molecule has 128 valence electrons. The van der Waals surface area contributed by atoms with Crippen molar-refractivity contribution in [2.45, 2.75) is 32.4 Å². The number of aromatic nitrogens is 3. The van der Waals surface area contributed by atoms with Gasteiger partial charge in [-0.2, -0.15) is 4.98 Å². The first-order valence-electron chi connectivity index (χ1n) is 8.55. The average Bonchev–Trinajstić information content (AvgIpc) is 3.30. The van der Waals surface area contributed by atoms with Crippen LogP contribution in [0.25, 0.3) is 11.4 Å². The number of aryl methyl sites for hydroxylation is 1. The maximum absolute atomic E-state index is 12.6. The van der Waals surface area contributed by atoms with Crippen LogP contribution in [0.5, 0.6) is 0 Å². The van der Waals surface area contributed by atoms with E-state index < -0.39 is 0 Å². The first kappa shape index (κ1) is 15.6. The molecule has 0 N–H and O–H groups in total. The second kappa shape index (κ2) is 6.55. The summed E-state index contributed by atoms with van der Waals surface area (Å²) in [6.45, 7) is 3.65. The van der Waals surface area contributed by atoms with Crippen molar-refractivity contribution in [3.05, 3.63) is 60.2 Å². The number of nitrogens with zero attached hydrogens (tertiary/aromatic N) is 4. The van der Waals surface area contributed by atoms with Gasteiger partial charge in [-0.25, -0.2) is 0 Å². The summed E-state index contributed by atoms with van der Waals surface area (Å²) in [5, 5.41) is 4.00. The molecule has 0 radical (unpaired) electrons. The minimum atomic E-state index is 0.0961. The Morgan fingerprint density at radius 1 is 1.20 bits per heavy atom. The third-order valence-electron chi connectivity index (χ3n) is 4.72. The predicted molar refractivity (Wildman–Crippen MR) is 92.6 cm³/mol. The van der Waals surface area contributed by atoms with Crippen molar-refractivity contribution in [1.82, 2.24) is 19.6 Å². The number of hydrogen-bond donors (Lipinski definition) is 0. The van der Waals surface area contributed by atoms with Crippen LogP contribution in [0.3, 0.4) is 0 Å². The Morgan fingerprint density at radius 2 is 2.04 bits per heavy atom. The van der Waals surface area contributed by atoms with E-state index in [9.17, 15) is 4.79 Å². The van der Waals surface area contributed by atoms with E-state index in [0.29, 0.717) is 24.6 Å². The molecule has 6 nitrogen and oxygen atoms in total. The smallest absolute Gasteiger partial charge is 0.227 e. The highest BCUT2D eigenvalue weighted by Gasteiger charge is 2.27. The minimum Gasteiger partial charge on any atom is -0.348 e. The van der Waals surface area contributed by atoms with Crippen LogP contribution in [0.15, 0.2) is 53.2 Å². The number of amides is 1. The van der Waals surface area contributed by atoms with Gasteiger partial charge in [-0.05, 0) is 19.1 Å². The first-order valence-corrected chi connectivity index (χ1v) is 8.55. The van der Waals surface area contributed by atoms with Gasteiger partial charge in [0.25, 0.3) is 0 Å². The quantitative estimate of drug-likeness (QED) is 0.734. The number of benzene rings is 1. The molecule has 1 amide bonds. The average molecular weight is 336 g/mol. The third kappa shape index (κ3) is 3.07. The lowest BCUT2D eigenvalue weighted by Crippen LogP contribution is -2.40. The van der Waals surface area contributed by atoms with Crippen molar-refractivity contribution >= 4 is 5.91 Å². The summed E-state index contributed by atoms with van der Waals surface area (Å²) < 4.78 is 7.50. The largest absolute Gasteiger partial charge is 0.348 e. The van der Waals surface area contributed by atoms with E-state index in [0.717, 1.165) is 18.7 Å². The molecule has 1 aliphatic heterocycles. The molecule has 0 spiro atoms. The summed E-state index contributed by atoms with van der Waals surface area (Å²) in [6.07, 6.45) is 2.90. The summed E-state index contributed by atoms with van der Waals surface area (Å²) in [6, 6.07) is 13.9. The summed E-state index contributed by atoms with van der Waals surface area (Å²) in [5.74, 6) is 1.19. The van der Waals surface area contributed by atoms with Crippen molar-refractivity contribution < 1.29 is 9.32 Å². The number of fused-ring (bicyclic) bond motifs is 1. The monoisotopic (exact) mass is 336 g/mol. The highest BCUT2D eigenvalue weighted by Crippen LogP contribution is 2.26. The van der Waals surface area contributed by atoms with Gasteiger partial charge in [-0.15, -0.1) is 0 Å². The number of carbonyl (C=O) groups excluding carboxylic acids is 1. The van der Waals surface area contributed by atoms with Crippen molar-refractivity contribution in [3.8, 4) is 11.4 Å². The summed E-state index contributed by atoms with van der Waals surface area (Å²) in [7, 11) is 0. The van der Waals surface area contributed by atoms with Gasteiger partial charge >= 0.3 is 0 Å². The zero-order chi connectivity index (χ0) is 17.2. The molecule has 0 unspecified atom stereocenters. The molecule has 0 saturated carbocycles. The molecule has 0 fully saturated rings. The van der Waals surface area contributed by atoms with Crippen molar-refractivity contribution in [2.24, 2.45) is 0 Å².